The maximum absolute atomic E-state index is 13.9. The standard InChI is InChI=1S/C37H47N7O6/c1-25-22-30(33(49-6)24-39-25)37(47)43-15-8-7-14-41(34(46)12-18-44-27(3)35(28(4)45)26(2)40-44)16-9-17-42-19-13-38-36(42)29-10-11-31(48-5)32(23-29)50-21-20-43/h10-11,13,19,22-24H,7-9,12,14-18,20-21H2,1-6H3. The number of ether oxygens (including phenoxy) is 3. The maximum atomic E-state index is 13.9. The van der Waals surface area contributed by atoms with E-state index in [0.29, 0.717) is 91.9 Å². The van der Waals surface area contributed by atoms with Crippen molar-refractivity contribution in [3.05, 3.63) is 71.1 Å². The molecule has 0 unspecified atom stereocenters. The number of fused-ring (bicyclic) bond motifs is 4. The molecule has 13 nitrogen and oxygen atoms in total. The summed E-state index contributed by atoms with van der Waals surface area (Å²) in [5.41, 5.74) is 4.07. The maximum Gasteiger partial charge on any atom is 0.257 e. The number of aryl methyl sites for hydroxylation is 4. The number of imidazole rings is 1. The van der Waals surface area contributed by atoms with Gasteiger partial charge in [-0.25, -0.2) is 4.98 Å². The average Bonchev–Trinajstić information content (AvgIpc) is 3.69. The van der Waals surface area contributed by atoms with Crippen LogP contribution in [0.25, 0.3) is 11.4 Å². The number of hydrogen-bond acceptors (Lipinski definition) is 9. The predicted octanol–water partition coefficient (Wildman–Crippen LogP) is 4.91. The number of nitrogens with zero attached hydrogens (tertiary/aromatic N) is 7. The molecule has 0 spiro atoms. The summed E-state index contributed by atoms with van der Waals surface area (Å²) in [6.45, 7) is 10.2. The minimum absolute atomic E-state index is 0.0174. The third kappa shape index (κ3) is 8.32. The molecule has 1 aliphatic rings. The lowest BCUT2D eigenvalue weighted by Crippen LogP contribution is -2.37. The summed E-state index contributed by atoms with van der Waals surface area (Å²) in [6.07, 6.45) is 7.61. The zero-order chi connectivity index (χ0) is 35.8. The van der Waals surface area contributed by atoms with Crippen molar-refractivity contribution in [3.63, 3.8) is 0 Å². The zero-order valence-electron chi connectivity index (χ0n) is 29.9. The van der Waals surface area contributed by atoms with Crippen LogP contribution in [0.1, 0.15) is 70.4 Å². The molecule has 5 rings (SSSR count). The average molecular weight is 686 g/mol. The fourth-order valence-corrected chi connectivity index (χ4v) is 6.49. The van der Waals surface area contributed by atoms with E-state index in [4.69, 9.17) is 14.2 Å². The van der Waals surface area contributed by atoms with Crippen LogP contribution in [0.3, 0.4) is 0 Å². The first-order valence-corrected chi connectivity index (χ1v) is 17.1. The van der Waals surface area contributed by atoms with Crippen LogP contribution in [0.4, 0.5) is 0 Å². The summed E-state index contributed by atoms with van der Waals surface area (Å²) in [7, 11) is 3.12. The first-order chi connectivity index (χ1) is 24.1. The Kier molecular flexibility index (Phi) is 11.9. The number of carbonyl (C=O) groups excluding carboxylic acids is 3. The molecule has 2 bridgehead atoms. The van der Waals surface area contributed by atoms with Crippen LogP contribution in [-0.4, -0.2) is 98.7 Å². The molecule has 0 aliphatic carbocycles. The van der Waals surface area contributed by atoms with E-state index in [1.165, 1.54) is 14.0 Å². The minimum Gasteiger partial charge on any atom is -0.494 e. The van der Waals surface area contributed by atoms with Crippen molar-refractivity contribution in [3.8, 4) is 28.6 Å². The van der Waals surface area contributed by atoms with Crippen molar-refractivity contribution in [1.29, 1.82) is 0 Å². The first kappa shape index (κ1) is 36.1. The third-order valence-electron chi connectivity index (χ3n) is 9.05. The molecule has 0 radical (unpaired) electrons. The van der Waals surface area contributed by atoms with Crippen LogP contribution in [-0.2, 0) is 17.9 Å². The van der Waals surface area contributed by atoms with E-state index in [2.05, 4.69) is 19.6 Å². The van der Waals surface area contributed by atoms with Gasteiger partial charge in [0.15, 0.2) is 17.3 Å². The molecule has 0 atom stereocenters. The number of rotatable bonds is 7. The van der Waals surface area contributed by atoms with Crippen molar-refractivity contribution < 1.29 is 28.6 Å². The summed E-state index contributed by atoms with van der Waals surface area (Å²) >= 11 is 0. The Balaban J connectivity index is 1.39. The summed E-state index contributed by atoms with van der Waals surface area (Å²) < 4.78 is 21.2. The molecule has 0 saturated carbocycles. The van der Waals surface area contributed by atoms with Crippen molar-refractivity contribution in [2.24, 2.45) is 0 Å². The van der Waals surface area contributed by atoms with Crippen molar-refractivity contribution in [2.45, 2.75) is 66.5 Å². The normalized spacial score (nSPS) is 14.4. The zero-order valence-corrected chi connectivity index (χ0v) is 29.9. The SMILES string of the molecule is COc1ccc2cc1OCCN(C(=O)c1cc(C)ncc1OC)CCCCN(C(=O)CCn1nc(C)c(C(C)=O)c1C)CCCn1ccnc1-2. The summed E-state index contributed by atoms with van der Waals surface area (Å²) in [5, 5.41) is 4.53. The molecule has 3 aromatic heterocycles. The Bertz CT molecular complexity index is 1830. The Morgan fingerprint density at radius 2 is 1.62 bits per heavy atom. The number of benzene rings is 1. The Morgan fingerprint density at radius 3 is 2.34 bits per heavy atom. The number of ketones is 1. The number of carbonyl (C=O) groups is 3. The number of aromatic nitrogens is 5. The molecule has 50 heavy (non-hydrogen) atoms. The van der Waals surface area contributed by atoms with Crippen LogP contribution < -0.4 is 14.2 Å². The molecule has 0 fully saturated rings. The largest absolute Gasteiger partial charge is 0.494 e. The van der Waals surface area contributed by atoms with Gasteiger partial charge in [-0.3, -0.25) is 24.0 Å². The second-order valence-electron chi connectivity index (χ2n) is 12.5. The van der Waals surface area contributed by atoms with E-state index in [0.717, 1.165) is 23.5 Å². The first-order valence-electron chi connectivity index (χ1n) is 17.1. The van der Waals surface area contributed by atoms with Crippen LogP contribution >= 0.6 is 0 Å². The van der Waals surface area contributed by atoms with Gasteiger partial charge in [-0.15, -0.1) is 0 Å². The van der Waals surface area contributed by atoms with E-state index in [-0.39, 0.29) is 30.6 Å². The quantitative estimate of drug-likeness (QED) is 0.249. The number of Topliss-reactive ketones (excluding diaryl/α,β-unsaturated/α-hetero) is 1. The molecule has 1 aromatic carbocycles. The van der Waals surface area contributed by atoms with Gasteiger partial charge >= 0.3 is 0 Å². The highest BCUT2D eigenvalue weighted by Gasteiger charge is 2.23. The van der Waals surface area contributed by atoms with Gasteiger partial charge in [0.2, 0.25) is 5.91 Å². The molecule has 2 amide bonds. The second kappa shape index (κ2) is 16.5. The van der Waals surface area contributed by atoms with Crippen molar-refractivity contribution in [1.82, 2.24) is 34.1 Å². The lowest BCUT2D eigenvalue weighted by atomic mass is 10.1. The van der Waals surface area contributed by atoms with Gasteiger partial charge in [-0.05, 0) is 71.2 Å². The molecule has 4 heterocycles. The van der Waals surface area contributed by atoms with Gasteiger partial charge in [0.1, 0.15) is 18.2 Å². The number of methoxy groups -OCH3 is 2. The van der Waals surface area contributed by atoms with Crippen molar-refractivity contribution >= 4 is 17.6 Å². The molecule has 13 heteroatoms. The van der Waals surface area contributed by atoms with Gasteiger partial charge in [-0.2, -0.15) is 5.10 Å². The van der Waals surface area contributed by atoms with Gasteiger partial charge in [0, 0.05) is 68.5 Å². The summed E-state index contributed by atoms with van der Waals surface area (Å²) in [4.78, 5) is 52.4. The van der Waals surface area contributed by atoms with E-state index >= 15 is 0 Å². The number of amides is 2. The number of pyridine rings is 1. The molecule has 1 aliphatic heterocycles. The lowest BCUT2D eigenvalue weighted by molar-refractivity contribution is -0.131. The van der Waals surface area contributed by atoms with Crippen LogP contribution in [0.2, 0.25) is 0 Å². The molecule has 266 valence electrons. The smallest absolute Gasteiger partial charge is 0.257 e. The highest BCUT2D eigenvalue weighted by atomic mass is 16.5. The van der Waals surface area contributed by atoms with Crippen LogP contribution in [0.5, 0.6) is 17.2 Å². The van der Waals surface area contributed by atoms with Gasteiger partial charge in [-0.1, -0.05) is 0 Å². The van der Waals surface area contributed by atoms with Gasteiger partial charge in [0.25, 0.3) is 5.91 Å². The van der Waals surface area contributed by atoms with E-state index in [9.17, 15) is 14.4 Å². The molecule has 0 saturated heterocycles. The topological polar surface area (TPSA) is 134 Å². The number of hydrogen-bond donors (Lipinski definition) is 0. The van der Waals surface area contributed by atoms with E-state index in [1.54, 1.807) is 35.2 Å². The Hall–Kier alpha value is -5.20. The fraction of sp³-hybridized carbons (Fsp3) is 0.459. The fourth-order valence-electron chi connectivity index (χ4n) is 6.49. The van der Waals surface area contributed by atoms with E-state index < -0.39 is 0 Å². The van der Waals surface area contributed by atoms with Crippen LogP contribution in [0.15, 0.2) is 42.9 Å². The lowest BCUT2D eigenvalue weighted by Gasteiger charge is -2.26. The second-order valence-corrected chi connectivity index (χ2v) is 12.5. The molecule has 0 N–H and O–H groups in total. The summed E-state index contributed by atoms with van der Waals surface area (Å²) in [5.74, 6) is 2.13. The Labute approximate surface area is 293 Å². The van der Waals surface area contributed by atoms with Gasteiger partial charge in [0.05, 0.1) is 43.8 Å². The monoisotopic (exact) mass is 685 g/mol. The minimum atomic E-state index is -0.181. The predicted molar refractivity (Wildman–Crippen MR) is 188 cm³/mol. The molecular formula is C37H47N7O6. The summed E-state index contributed by atoms with van der Waals surface area (Å²) in [6, 6.07) is 7.44. The highest BCUT2D eigenvalue weighted by molar-refractivity contribution is 5.97. The Morgan fingerprint density at radius 1 is 0.880 bits per heavy atom. The highest BCUT2D eigenvalue weighted by Crippen LogP contribution is 2.32. The molecule has 4 aromatic rings. The van der Waals surface area contributed by atoms with E-state index in [1.807, 2.05) is 50.1 Å². The third-order valence-corrected chi connectivity index (χ3v) is 9.05. The molecular weight excluding hydrogens is 638 g/mol. The van der Waals surface area contributed by atoms with Crippen LogP contribution in [0, 0.1) is 20.8 Å². The van der Waals surface area contributed by atoms with Gasteiger partial charge < -0.3 is 28.6 Å². The van der Waals surface area contributed by atoms with Crippen molar-refractivity contribution in [2.75, 3.05) is 47.0 Å².